The van der Waals surface area contributed by atoms with E-state index >= 15 is 0 Å². The summed E-state index contributed by atoms with van der Waals surface area (Å²) >= 11 is 0. The predicted octanol–water partition coefficient (Wildman–Crippen LogP) is 4.92. The van der Waals surface area contributed by atoms with Gasteiger partial charge < -0.3 is 19.3 Å². The van der Waals surface area contributed by atoms with Gasteiger partial charge in [0.15, 0.2) is 5.82 Å². The molecule has 0 radical (unpaired) electrons. The predicted molar refractivity (Wildman–Crippen MR) is 136 cm³/mol. The van der Waals surface area contributed by atoms with Gasteiger partial charge in [0, 0.05) is 31.7 Å². The number of methoxy groups -OCH3 is 1. The normalized spacial score (nSPS) is 14.6. The van der Waals surface area contributed by atoms with E-state index in [0.717, 1.165) is 29.9 Å². The second-order valence-corrected chi connectivity index (χ2v) is 9.77. The van der Waals surface area contributed by atoms with Crippen LogP contribution in [0.3, 0.4) is 0 Å². The van der Waals surface area contributed by atoms with E-state index in [2.05, 4.69) is 4.90 Å². The van der Waals surface area contributed by atoms with Crippen LogP contribution < -0.4 is 4.90 Å². The maximum atomic E-state index is 12.5. The van der Waals surface area contributed by atoms with Crippen molar-refractivity contribution in [2.75, 3.05) is 32.1 Å². The molecule has 0 atom stereocenters. The molecule has 0 N–H and O–H groups in total. The van der Waals surface area contributed by atoms with Crippen LogP contribution in [0.15, 0.2) is 48.5 Å². The van der Waals surface area contributed by atoms with Crippen LogP contribution in [0.2, 0.25) is 0 Å². The number of anilines is 1. The van der Waals surface area contributed by atoms with E-state index in [-0.39, 0.29) is 12.1 Å². The summed E-state index contributed by atoms with van der Waals surface area (Å²) in [5.41, 5.74) is 3.02. The standard InChI is InChI=1S/C27H32N4O4/c1-27(2,3)35-26(33)30(4)20-13-15-31(16-14-20)24-23(18-9-7-6-8-10-18)28-21-12-11-19(25(32)34-5)17-22(21)29-24/h6-12,17,20H,13-16H2,1-5H3. The molecule has 35 heavy (non-hydrogen) atoms. The number of hydrogen-bond donors (Lipinski definition) is 0. The Bertz CT molecular complexity index is 1220. The van der Waals surface area contributed by atoms with Gasteiger partial charge in [0.05, 0.1) is 23.7 Å². The maximum absolute atomic E-state index is 12.5. The Morgan fingerprint density at radius 2 is 1.69 bits per heavy atom. The SMILES string of the molecule is COC(=O)c1ccc2nc(-c3ccccc3)c(N3CCC(N(C)C(=O)OC(C)(C)C)CC3)nc2c1. The lowest BCUT2D eigenvalue weighted by Gasteiger charge is -2.38. The van der Waals surface area contributed by atoms with Crippen molar-refractivity contribution < 1.29 is 19.1 Å². The third-order valence-corrected chi connectivity index (χ3v) is 6.11. The minimum Gasteiger partial charge on any atom is -0.465 e. The molecule has 0 aliphatic carbocycles. The highest BCUT2D eigenvalue weighted by Crippen LogP contribution is 2.32. The highest BCUT2D eigenvalue weighted by molar-refractivity contribution is 5.94. The van der Waals surface area contributed by atoms with Crippen molar-refractivity contribution in [3.8, 4) is 11.3 Å². The average Bonchev–Trinajstić information content (AvgIpc) is 2.86. The van der Waals surface area contributed by atoms with Crippen molar-refractivity contribution in [1.82, 2.24) is 14.9 Å². The van der Waals surface area contributed by atoms with Crippen LogP contribution >= 0.6 is 0 Å². The molecule has 1 aromatic heterocycles. The number of hydrogen-bond acceptors (Lipinski definition) is 7. The summed E-state index contributed by atoms with van der Waals surface area (Å²) in [7, 11) is 3.16. The van der Waals surface area contributed by atoms with Crippen molar-refractivity contribution in [2.45, 2.75) is 45.3 Å². The van der Waals surface area contributed by atoms with E-state index in [1.807, 2.05) is 51.1 Å². The molecule has 1 aliphatic rings. The molecule has 0 bridgehead atoms. The fourth-order valence-corrected chi connectivity index (χ4v) is 4.25. The highest BCUT2D eigenvalue weighted by Gasteiger charge is 2.30. The van der Waals surface area contributed by atoms with Crippen molar-refractivity contribution in [1.29, 1.82) is 0 Å². The van der Waals surface area contributed by atoms with Crippen molar-refractivity contribution in [2.24, 2.45) is 0 Å². The first-order chi connectivity index (χ1) is 16.7. The molecule has 184 valence electrons. The summed E-state index contributed by atoms with van der Waals surface area (Å²) in [6.07, 6.45) is 1.26. The van der Waals surface area contributed by atoms with Crippen LogP contribution in [0.4, 0.5) is 10.6 Å². The van der Waals surface area contributed by atoms with Crippen LogP contribution in [0.5, 0.6) is 0 Å². The topological polar surface area (TPSA) is 84.9 Å². The first-order valence-electron chi connectivity index (χ1n) is 11.8. The number of nitrogens with zero attached hydrogens (tertiary/aromatic N) is 4. The number of amides is 1. The highest BCUT2D eigenvalue weighted by atomic mass is 16.6. The number of aromatic nitrogens is 2. The van der Waals surface area contributed by atoms with Gasteiger partial charge in [0.2, 0.25) is 0 Å². The van der Waals surface area contributed by atoms with E-state index in [4.69, 9.17) is 19.4 Å². The Hall–Kier alpha value is -3.68. The van der Waals surface area contributed by atoms with Crippen molar-refractivity contribution >= 4 is 28.9 Å². The second kappa shape index (κ2) is 9.90. The van der Waals surface area contributed by atoms with Gasteiger partial charge in [-0.15, -0.1) is 0 Å². The van der Waals surface area contributed by atoms with Crippen LogP contribution in [0, 0.1) is 0 Å². The summed E-state index contributed by atoms with van der Waals surface area (Å²) in [5, 5.41) is 0. The van der Waals surface area contributed by atoms with E-state index in [1.54, 1.807) is 30.1 Å². The van der Waals surface area contributed by atoms with Gasteiger partial charge in [0.1, 0.15) is 11.3 Å². The molecule has 4 rings (SSSR count). The molecule has 2 heterocycles. The third-order valence-electron chi connectivity index (χ3n) is 6.11. The molecule has 1 saturated heterocycles. The number of esters is 1. The number of carbonyl (C=O) groups excluding carboxylic acids is 2. The third kappa shape index (κ3) is 5.53. The van der Waals surface area contributed by atoms with Gasteiger partial charge >= 0.3 is 12.1 Å². The lowest BCUT2D eigenvalue weighted by molar-refractivity contribution is 0.0200. The fourth-order valence-electron chi connectivity index (χ4n) is 4.25. The molecule has 0 unspecified atom stereocenters. The van der Waals surface area contributed by atoms with Crippen molar-refractivity contribution in [3.05, 3.63) is 54.1 Å². The number of piperidine rings is 1. The van der Waals surface area contributed by atoms with Crippen LogP contribution in [-0.4, -0.2) is 65.8 Å². The number of carbonyl (C=O) groups is 2. The smallest absolute Gasteiger partial charge is 0.410 e. The van der Waals surface area contributed by atoms with E-state index in [1.165, 1.54) is 7.11 Å². The van der Waals surface area contributed by atoms with E-state index in [9.17, 15) is 9.59 Å². The van der Waals surface area contributed by atoms with Gasteiger partial charge in [-0.05, 0) is 51.8 Å². The minimum absolute atomic E-state index is 0.0839. The zero-order chi connectivity index (χ0) is 25.2. The lowest BCUT2D eigenvalue weighted by atomic mass is 10.0. The molecule has 1 fully saturated rings. The molecule has 1 amide bonds. The maximum Gasteiger partial charge on any atom is 0.410 e. The molecule has 8 heteroatoms. The Morgan fingerprint density at radius 3 is 2.31 bits per heavy atom. The first kappa shape index (κ1) is 24.4. The van der Waals surface area contributed by atoms with Gasteiger partial charge in [-0.3, -0.25) is 0 Å². The molecule has 0 saturated carbocycles. The quantitative estimate of drug-likeness (QED) is 0.494. The number of rotatable bonds is 4. The largest absolute Gasteiger partial charge is 0.465 e. The number of ether oxygens (including phenoxy) is 2. The van der Waals surface area contributed by atoms with Gasteiger partial charge in [0.25, 0.3) is 0 Å². The summed E-state index contributed by atoms with van der Waals surface area (Å²) in [6.45, 7) is 7.05. The Balaban J connectivity index is 1.63. The second-order valence-electron chi connectivity index (χ2n) is 9.77. The monoisotopic (exact) mass is 476 g/mol. The summed E-state index contributed by atoms with van der Waals surface area (Å²) in [6, 6.07) is 15.3. The molecule has 2 aromatic carbocycles. The summed E-state index contributed by atoms with van der Waals surface area (Å²) in [4.78, 5) is 38.4. The Morgan fingerprint density at radius 1 is 1.00 bits per heavy atom. The lowest BCUT2D eigenvalue weighted by Crippen LogP contribution is -2.47. The first-order valence-corrected chi connectivity index (χ1v) is 11.8. The Labute approximate surface area is 205 Å². The van der Waals surface area contributed by atoms with Gasteiger partial charge in [-0.1, -0.05) is 30.3 Å². The summed E-state index contributed by atoms with van der Waals surface area (Å²) < 4.78 is 10.4. The van der Waals surface area contributed by atoms with Crippen molar-refractivity contribution in [3.63, 3.8) is 0 Å². The van der Waals surface area contributed by atoms with Crippen LogP contribution in [0.1, 0.15) is 44.0 Å². The Kier molecular flexibility index (Phi) is 6.91. The summed E-state index contributed by atoms with van der Waals surface area (Å²) in [5.74, 6) is 0.359. The van der Waals surface area contributed by atoms with E-state index < -0.39 is 11.6 Å². The number of fused-ring (bicyclic) bond motifs is 1. The molecular formula is C27H32N4O4. The number of benzene rings is 2. The molecule has 8 nitrogen and oxygen atoms in total. The molecule has 3 aromatic rings. The van der Waals surface area contributed by atoms with Gasteiger partial charge in [-0.2, -0.15) is 0 Å². The zero-order valence-corrected chi connectivity index (χ0v) is 20.9. The zero-order valence-electron chi connectivity index (χ0n) is 20.9. The molecular weight excluding hydrogens is 444 g/mol. The van der Waals surface area contributed by atoms with Gasteiger partial charge in [-0.25, -0.2) is 19.6 Å². The fraction of sp³-hybridized carbons (Fsp3) is 0.407. The van der Waals surface area contributed by atoms with Crippen LogP contribution in [0.25, 0.3) is 22.3 Å². The van der Waals surface area contributed by atoms with Crippen LogP contribution in [-0.2, 0) is 9.47 Å². The van der Waals surface area contributed by atoms with E-state index in [0.29, 0.717) is 29.7 Å². The average molecular weight is 477 g/mol. The molecule has 1 aliphatic heterocycles. The minimum atomic E-state index is -0.527. The molecule has 0 spiro atoms.